The minimum absolute atomic E-state index is 0.253. The van der Waals surface area contributed by atoms with Gasteiger partial charge in [0, 0.05) is 6.07 Å². The number of methoxy groups -OCH3 is 2. The number of carbonyl (C=O) groups is 1. The summed E-state index contributed by atoms with van der Waals surface area (Å²) >= 11 is 0. The highest BCUT2D eigenvalue weighted by Crippen LogP contribution is 2.27. The Labute approximate surface area is 119 Å². The van der Waals surface area contributed by atoms with Crippen molar-refractivity contribution in [1.29, 1.82) is 0 Å². The zero-order chi connectivity index (χ0) is 15.0. The van der Waals surface area contributed by atoms with E-state index in [0.717, 1.165) is 0 Å². The Morgan fingerprint density at radius 1 is 1.30 bits per heavy atom. The molecule has 5 nitrogen and oxygen atoms in total. The van der Waals surface area contributed by atoms with Crippen LogP contribution in [0.5, 0.6) is 11.5 Å². The van der Waals surface area contributed by atoms with E-state index in [1.54, 1.807) is 39.3 Å². The first kappa shape index (κ1) is 15.9. The van der Waals surface area contributed by atoms with Crippen LogP contribution in [0.4, 0.5) is 0 Å². The van der Waals surface area contributed by atoms with Gasteiger partial charge in [0.2, 0.25) is 0 Å². The molecule has 0 bridgehead atoms. The van der Waals surface area contributed by atoms with Crippen LogP contribution in [0, 0.1) is 12.3 Å². The molecule has 0 aliphatic heterocycles. The van der Waals surface area contributed by atoms with E-state index in [1.807, 2.05) is 0 Å². The first-order chi connectivity index (χ1) is 9.65. The molecule has 0 amide bonds. The first-order valence-corrected chi connectivity index (χ1v) is 6.22. The predicted octanol–water partition coefficient (Wildman–Crippen LogP) is 1.53. The van der Waals surface area contributed by atoms with Crippen molar-refractivity contribution < 1.29 is 19.0 Å². The lowest BCUT2D eigenvalue weighted by Gasteiger charge is -2.18. The molecule has 1 atom stereocenters. The second-order valence-corrected chi connectivity index (χ2v) is 3.92. The highest BCUT2D eigenvalue weighted by molar-refractivity contribution is 5.78. The van der Waals surface area contributed by atoms with E-state index >= 15 is 0 Å². The summed E-state index contributed by atoms with van der Waals surface area (Å²) in [6, 6.07) is 4.56. The molecule has 0 heterocycles. The number of nitrogens with one attached hydrogen (secondary N) is 1. The van der Waals surface area contributed by atoms with E-state index in [1.165, 1.54) is 0 Å². The molecular weight excluding hydrogens is 258 g/mol. The molecule has 1 rings (SSSR count). The third kappa shape index (κ3) is 4.18. The summed E-state index contributed by atoms with van der Waals surface area (Å²) < 4.78 is 15.4. The summed E-state index contributed by atoms with van der Waals surface area (Å²) in [5.41, 5.74) is 0.676. The van der Waals surface area contributed by atoms with Crippen molar-refractivity contribution in [3.63, 3.8) is 0 Å². The average Bonchev–Trinajstić information content (AvgIpc) is 2.47. The topological polar surface area (TPSA) is 56.8 Å². The summed E-state index contributed by atoms with van der Waals surface area (Å²) in [5, 5.41) is 2.95. The van der Waals surface area contributed by atoms with Gasteiger partial charge < -0.3 is 14.2 Å². The van der Waals surface area contributed by atoms with Gasteiger partial charge in [0.05, 0.1) is 27.4 Å². The average molecular weight is 277 g/mol. The lowest BCUT2D eigenvalue weighted by molar-refractivity contribution is -0.145. The van der Waals surface area contributed by atoms with Gasteiger partial charge in [-0.3, -0.25) is 5.32 Å². The van der Waals surface area contributed by atoms with E-state index < -0.39 is 12.0 Å². The number of terminal acetylenes is 1. The number of benzene rings is 1. The normalized spacial score (nSPS) is 11.3. The molecule has 0 radical (unpaired) electrons. The van der Waals surface area contributed by atoms with Crippen molar-refractivity contribution in [3.05, 3.63) is 23.8 Å². The molecule has 0 spiro atoms. The van der Waals surface area contributed by atoms with E-state index in [4.69, 9.17) is 20.6 Å². The highest BCUT2D eigenvalue weighted by Gasteiger charge is 2.22. The summed E-state index contributed by atoms with van der Waals surface area (Å²) in [6.45, 7) is 2.31. The molecular formula is C15H19NO4. The van der Waals surface area contributed by atoms with Gasteiger partial charge in [-0.05, 0) is 24.6 Å². The molecule has 0 aliphatic rings. The summed E-state index contributed by atoms with van der Waals surface area (Å²) in [6.07, 6.45) is 5.23. The van der Waals surface area contributed by atoms with Crippen molar-refractivity contribution in [2.75, 3.05) is 27.4 Å². The number of ether oxygens (including phenoxy) is 3. The monoisotopic (exact) mass is 277 g/mol. The van der Waals surface area contributed by atoms with Gasteiger partial charge >= 0.3 is 5.97 Å². The molecule has 108 valence electrons. The fourth-order valence-electron chi connectivity index (χ4n) is 1.72. The van der Waals surface area contributed by atoms with Gasteiger partial charge in [-0.25, -0.2) is 4.79 Å². The Kier molecular flexibility index (Phi) is 6.41. The van der Waals surface area contributed by atoms with Gasteiger partial charge in [0.25, 0.3) is 0 Å². The Hall–Kier alpha value is -2.19. The molecule has 1 unspecified atom stereocenters. The maximum absolute atomic E-state index is 12.0. The maximum Gasteiger partial charge on any atom is 0.327 e. The van der Waals surface area contributed by atoms with Gasteiger partial charge in [-0.15, -0.1) is 6.42 Å². The fraction of sp³-hybridized carbons (Fsp3) is 0.400. The quantitative estimate of drug-likeness (QED) is 0.605. The molecule has 5 heteroatoms. The van der Waals surface area contributed by atoms with Gasteiger partial charge in [0.1, 0.15) is 17.5 Å². The van der Waals surface area contributed by atoms with Gasteiger partial charge in [-0.2, -0.15) is 0 Å². The predicted molar refractivity (Wildman–Crippen MR) is 75.8 cm³/mol. The van der Waals surface area contributed by atoms with Crippen LogP contribution >= 0.6 is 0 Å². The van der Waals surface area contributed by atoms with Crippen molar-refractivity contribution in [2.45, 2.75) is 13.0 Å². The largest absolute Gasteiger partial charge is 0.497 e. The summed E-state index contributed by atoms with van der Waals surface area (Å²) in [7, 11) is 3.10. The standard InChI is InChI=1S/C15H19NO4/c1-5-7-16-14(15(17)20-6-2)11-8-12(18-3)10-13(9-11)19-4/h1,8-10,14,16H,6-7H2,2-4H3. The van der Waals surface area contributed by atoms with Crippen molar-refractivity contribution in [1.82, 2.24) is 5.32 Å². The minimum atomic E-state index is -0.657. The number of carbonyl (C=O) groups excluding carboxylic acids is 1. The molecule has 20 heavy (non-hydrogen) atoms. The molecule has 1 aromatic rings. The third-order valence-electron chi connectivity index (χ3n) is 2.64. The molecule has 0 fully saturated rings. The zero-order valence-corrected chi connectivity index (χ0v) is 11.9. The molecule has 0 aliphatic carbocycles. The maximum atomic E-state index is 12.0. The lowest BCUT2D eigenvalue weighted by Crippen LogP contribution is -2.30. The van der Waals surface area contributed by atoms with E-state index in [2.05, 4.69) is 11.2 Å². The van der Waals surface area contributed by atoms with Crippen molar-refractivity contribution >= 4 is 5.97 Å². The van der Waals surface area contributed by atoms with Gasteiger partial charge in [-0.1, -0.05) is 5.92 Å². The molecule has 0 saturated heterocycles. The summed E-state index contributed by atoms with van der Waals surface area (Å²) in [4.78, 5) is 12.0. The molecule has 0 saturated carbocycles. The minimum Gasteiger partial charge on any atom is -0.497 e. The molecule has 1 N–H and O–H groups in total. The second-order valence-electron chi connectivity index (χ2n) is 3.92. The smallest absolute Gasteiger partial charge is 0.327 e. The van der Waals surface area contributed by atoms with Crippen LogP contribution in [0.25, 0.3) is 0 Å². The zero-order valence-electron chi connectivity index (χ0n) is 11.9. The number of hydrogen-bond acceptors (Lipinski definition) is 5. The van der Waals surface area contributed by atoms with Crippen LogP contribution in [0.3, 0.4) is 0 Å². The summed E-state index contributed by atoms with van der Waals surface area (Å²) in [5.74, 6) is 3.24. The Balaban J connectivity index is 3.11. The van der Waals surface area contributed by atoms with E-state index in [0.29, 0.717) is 23.7 Å². The van der Waals surface area contributed by atoms with Crippen LogP contribution in [-0.2, 0) is 9.53 Å². The van der Waals surface area contributed by atoms with Crippen molar-refractivity contribution in [3.8, 4) is 23.8 Å². The van der Waals surface area contributed by atoms with Crippen LogP contribution in [-0.4, -0.2) is 33.3 Å². The molecule has 1 aromatic carbocycles. The van der Waals surface area contributed by atoms with Crippen LogP contribution in [0.2, 0.25) is 0 Å². The Morgan fingerprint density at radius 2 is 1.90 bits per heavy atom. The fourth-order valence-corrected chi connectivity index (χ4v) is 1.72. The lowest BCUT2D eigenvalue weighted by atomic mass is 10.1. The van der Waals surface area contributed by atoms with E-state index in [9.17, 15) is 4.79 Å². The second kappa shape index (κ2) is 8.08. The van der Waals surface area contributed by atoms with Gasteiger partial charge in [0.15, 0.2) is 0 Å². The number of rotatable bonds is 7. The van der Waals surface area contributed by atoms with Crippen molar-refractivity contribution in [2.24, 2.45) is 0 Å². The van der Waals surface area contributed by atoms with Crippen LogP contribution < -0.4 is 14.8 Å². The SMILES string of the molecule is C#CCNC(C(=O)OCC)c1cc(OC)cc(OC)c1. The molecule has 0 aromatic heterocycles. The van der Waals surface area contributed by atoms with Crippen LogP contribution in [0.1, 0.15) is 18.5 Å². The number of hydrogen-bond donors (Lipinski definition) is 1. The highest BCUT2D eigenvalue weighted by atomic mass is 16.5. The van der Waals surface area contributed by atoms with Crippen LogP contribution in [0.15, 0.2) is 18.2 Å². The number of esters is 1. The third-order valence-corrected chi connectivity index (χ3v) is 2.64. The Morgan fingerprint density at radius 3 is 2.35 bits per heavy atom. The Bertz CT molecular complexity index is 471. The first-order valence-electron chi connectivity index (χ1n) is 6.22. The van der Waals surface area contributed by atoms with E-state index in [-0.39, 0.29) is 6.54 Å².